The first-order chi connectivity index (χ1) is 4.83. The van der Waals surface area contributed by atoms with E-state index < -0.39 is 0 Å². The van der Waals surface area contributed by atoms with Gasteiger partial charge in [0.05, 0.1) is 4.47 Å². The molecule has 0 aliphatic rings. The Morgan fingerprint density at radius 3 is 3.10 bits per heavy atom. The highest BCUT2D eigenvalue weighted by molar-refractivity contribution is 9.10. The maximum absolute atomic E-state index is 9.75. The summed E-state index contributed by atoms with van der Waals surface area (Å²) in [5.41, 5.74) is 0. The van der Waals surface area contributed by atoms with Crippen LogP contribution >= 0.6 is 15.9 Å². The first-order valence-electron chi connectivity index (χ1n) is 2.75. The Morgan fingerprint density at radius 2 is 2.60 bits per heavy atom. The molecule has 0 amide bonds. The molecule has 1 rings (SSSR count). The number of furan rings is 1. The fraction of sp³-hybridized carbons (Fsp3) is 0.143. The molecular formula is C7H5BrO2. The van der Waals surface area contributed by atoms with Crippen molar-refractivity contribution >= 4 is 21.9 Å². The monoisotopic (exact) mass is 200 g/mol. The molecule has 1 heterocycles. The largest absolute Gasteiger partial charge is 0.468 e. The third kappa shape index (κ3) is 1.87. The summed E-state index contributed by atoms with van der Waals surface area (Å²) < 4.78 is 5.90. The lowest BCUT2D eigenvalue weighted by Crippen LogP contribution is -1.72. The van der Waals surface area contributed by atoms with Crippen LogP contribution in [0.3, 0.4) is 0 Å². The summed E-state index contributed by atoms with van der Waals surface area (Å²) in [6.07, 6.45) is 3.47. The Morgan fingerprint density at radius 1 is 1.80 bits per heavy atom. The third-order valence-electron chi connectivity index (χ3n) is 1.01. The van der Waals surface area contributed by atoms with E-state index in [9.17, 15) is 4.79 Å². The van der Waals surface area contributed by atoms with Gasteiger partial charge in [-0.25, -0.2) is 4.79 Å². The average molecular weight is 201 g/mol. The van der Waals surface area contributed by atoms with E-state index in [0.717, 1.165) is 10.2 Å². The van der Waals surface area contributed by atoms with Gasteiger partial charge in [0, 0.05) is 12.5 Å². The minimum Gasteiger partial charge on any atom is -0.468 e. The molecule has 0 aliphatic heterocycles. The molecule has 0 aromatic carbocycles. The summed E-state index contributed by atoms with van der Waals surface area (Å²) in [6.45, 7) is 0. The number of carbonyl (C=O) groups excluding carboxylic acids is 1. The SMILES string of the molecule is O=C=CCc1cc(Br)co1. The van der Waals surface area contributed by atoms with E-state index in [2.05, 4.69) is 15.9 Å². The van der Waals surface area contributed by atoms with Crippen molar-refractivity contribution in [2.75, 3.05) is 0 Å². The van der Waals surface area contributed by atoms with Gasteiger partial charge >= 0.3 is 0 Å². The molecule has 0 radical (unpaired) electrons. The van der Waals surface area contributed by atoms with Crippen molar-refractivity contribution in [1.82, 2.24) is 0 Å². The molecule has 10 heavy (non-hydrogen) atoms. The number of allylic oxidation sites excluding steroid dienone is 1. The fourth-order valence-corrected chi connectivity index (χ4v) is 0.952. The topological polar surface area (TPSA) is 30.2 Å². The molecule has 0 N–H and O–H groups in total. The molecule has 1 aromatic heterocycles. The highest BCUT2D eigenvalue weighted by atomic mass is 79.9. The van der Waals surface area contributed by atoms with E-state index in [0.29, 0.717) is 6.42 Å². The first-order valence-corrected chi connectivity index (χ1v) is 3.54. The molecule has 0 saturated heterocycles. The first kappa shape index (κ1) is 7.32. The lowest BCUT2D eigenvalue weighted by atomic mass is 10.3. The summed E-state index contributed by atoms with van der Waals surface area (Å²) in [5, 5.41) is 0. The van der Waals surface area contributed by atoms with Crippen LogP contribution < -0.4 is 0 Å². The van der Waals surface area contributed by atoms with Gasteiger partial charge in [-0.05, 0) is 22.0 Å². The van der Waals surface area contributed by atoms with E-state index in [1.165, 1.54) is 6.08 Å². The van der Waals surface area contributed by atoms with Crippen LogP contribution in [0, 0.1) is 0 Å². The van der Waals surface area contributed by atoms with Crippen molar-refractivity contribution in [2.24, 2.45) is 0 Å². The Bertz CT molecular complexity index is 258. The van der Waals surface area contributed by atoms with Gasteiger partial charge in [-0.1, -0.05) is 0 Å². The van der Waals surface area contributed by atoms with Crippen LogP contribution in [0.15, 0.2) is 27.3 Å². The molecule has 0 fully saturated rings. The summed E-state index contributed by atoms with van der Waals surface area (Å²) in [7, 11) is 0. The highest BCUT2D eigenvalue weighted by Crippen LogP contribution is 2.14. The van der Waals surface area contributed by atoms with E-state index in [1.807, 2.05) is 6.07 Å². The molecule has 1 aromatic rings. The summed E-state index contributed by atoms with van der Waals surface area (Å²) >= 11 is 3.22. The predicted octanol–water partition coefficient (Wildman–Crippen LogP) is 1.97. The van der Waals surface area contributed by atoms with Crippen LogP contribution in [-0.4, -0.2) is 5.94 Å². The van der Waals surface area contributed by atoms with Crippen LogP contribution in [0.5, 0.6) is 0 Å². The van der Waals surface area contributed by atoms with Crippen LogP contribution in [-0.2, 0) is 11.2 Å². The summed E-state index contributed by atoms with van der Waals surface area (Å²) in [5.74, 6) is 2.43. The fourth-order valence-electron chi connectivity index (χ4n) is 0.603. The molecule has 0 atom stereocenters. The highest BCUT2D eigenvalue weighted by Gasteiger charge is 1.95. The van der Waals surface area contributed by atoms with Gasteiger partial charge in [-0.2, -0.15) is 0 Å². The molecule has 0 unspecified atom stereocenters. The lowest BCUT2D eigenvalue weighted by molar-refractivity contribution is 0.521. The molecule has 0 bridgehead atoms. The Labute approximate surface area is 66.7 Å². The maximum atomic E-state index is 9.75. The van der Waals surface area contributed by atoms with E-state index in [-0.39, 0.29) is 0 Å². The Kier molecular flexibility index (Phi) is 2.49. The van der Waals surface area contributed by atoms with Crippen LogP contribution in [0.2, 0.25) is 0 Å². The van der Waals surface area contributed by atoms with E-state index in [1.54, 1.807) is 12.2 Å². The zero-order valence-electron chi connectivity index (χ0n) is 5.13. The van der Waals surface area contributed by atoms with Crippen molar-refractivity contribution < 1.29 is 9.21 Å². The van der Waals surface area contributed by atoms with Gasteiger partial charge < -0.3 is 4.42 Å². The maximum Gasteiger partial charge on any atom is 0.120 e. The molecule has 0 saturated carbocycles. The van der Waals surface area contributed by atoms with Gasteiger partial charge in [0.1, 0.15) is 18.0 Å². The second-order valence-electron chi connectivity index (χ2n) is 1.76. The average Bonchev–Trinajstić information content (AvgIpc) is 2.31. The normalized spacial score (nSPS) is 8.90. The van der Waals surface area contributed by atoms with Crippen molar-refractivity contribution in [3.05, 3.63) is 28.6 Å². The van der Waals surface area contributed by atoms with Crippen molar-refractivity contribution in [3.8, 4) is 0 Å². The zero-order valence-corrected chi connectivity index (χ0v) is 6.72. The number of rotatable bonds is 2. The zero-order chi connectivity index (χ0) is 7.40. The van der Waals surface area contributed by atoms with Gasteiger partial charge in [0.15, 0.2) is 0 Å². The Balaban J connectivity index is 2.66. The second-order valence-corrected chi connectivity index (χ2v) is 2.67. The van der Waals surface area contributed by atoms with E-state index >= 15 is 0 Å². The van der Waals surface area contributed by atoms with Crippen LogP contribution in [0.4, 0.5) is 0 Å². The molecule has 3 heteroatoms. The minimum absolute atomic E-state index is 0.509. The van der Waals surface area contributed by atoms with E-state index in [4.69, 9.17) is 4.42 Å². The van der Waals surface area contributed by atoms with Crippen molar-refractivity contribution in [3.63, 3.8) is 0 Å². The van der Waals surface area contributed by atoms with Gasteiger partial charge in [-0.3, -0.25) is 0 Å². The molecule has 0 aliphatic carbocycles. The molecule has 0 spiro atoms. The Hall–Kier alpha value is -0.790. The smallest absolute Gasteiger partial charge is 0.120 e. The quantitative estimate of drug-likeness (QED) is 0.684. The standard InChI is InChI=1S/C7H5BrO2/c8-6-4-7(10-5-6)2-1-3-9/h1,4-5H,2H2. The number of halogens is 1. The minimum atomic E-state index is 0.509. The van der Waals surface area contributed by atoms with Gasteiger partial charge in [-0.15, -0.1) is 0 Å². The van der Waals surface area contributed by atoms with Crippen LogP contribution in [0.1, 0.15) is 5.76 Å². The van der Waals surface area contributed by atoms with Crippen LogP contribution in [0.25, 0.3) is 0 Å². The molecule has 52 valence electrons. The lowest BCUT2D eigenvalue weighted by Gasteiger charge is -1.80. The molecule has 2 nitrogen and oxygen atoms in total. The predicted molar refractivity (Wildman–Crippen MR) is 40.4 cm³/mol. The summed E-state index contributed by atoms with van der Waals surface area (Å²) in [6, 6.07) is 1.81. The van der Waals surface area contributed by atoms with Crippen molar-refractivity contribution in [1.29, 1.82) is 0 Å². The summed E-state index contributed by atoms with van der Waals surface area (Å²) in [4.78, 5) is 9.75. The third-order valence-corrected chi connectivity index (χ3v) is 1.42. The van der Waals surface area contributed by atoms with Crippen molar-refractivity contribution in [2.45, 2.75) is 6.42 Å². The van der Waals surface area contributed by atoms with Gasteiger partial charge in [0.25, 0.3) is 0 Å². The number of hydrogen-bond acceptors (Lipinski definition) is 2. The number of hydrogen-bond donors (Lipinski definition) is 0. The van der Waals surface area contributed by atoms with Gasteiger partial charge in [0.2, 0.25) is 0 Å². The second kappa shape index (κ2) is 3.40. The molecular weight excluding hydrogens is 196 g/mol.